The Labute approximate surface area is 175 Å². The Morgan fingerprint density at radius 3 is 2.69 bits per heavy atom. The van der Waals surface area contributed by atoms with E-state index in [0.717, 1.165) is 43.0 Å². The third-order valence-corrected chi connectivity index (χ3v) is 5.47. The molecule has 2 aromatic rings. The Kier molecular flexibility index (Phi) is 5.65. The van der Waals surface area contributed by atoms with Crippen LogP contribution < -0.4 is 19.7 Å². The number of benzene rings is 2. The fourth-order valence-electron chi connectivity index (χ4n) is 3.57. The second-order valence-corrected chi connectivity index (χ2v) is 7.76. The van der Waals surface area contributed by atoms with Gasteiger partial charge in [-0.05, 0) is 61.5 Å². The molecule has 0 spiro atoms. The molecule has 0 saturated carbocycles. The van der Waals surface area contributed by atoms with Crippen LogP contribution in [0.15, 0.2) is 36.4 Å². The molecule has 0 atom stereocenters. The highest BCUT2D eigenvalue weighted by atomic mass is 35.5. The van der Waals surface area contributed by atoms with E-state index in [-0.39, 0.29) is 12.7 Å². The minimum absolute atomic E-state index is 0.159. The zero-order valence-corrected chi connectivity index (χ0v) is 17.3. The van der Waals surface area contributed by atoms with Crippen LogP contribution in [-0.2, 0) is 4.79 Å². The third kappa shape index (κ3) is 4.49. The summed E-state index contributed by atoms with van der Waals surface area (Å²) in [6.45, 7) is 6.40. The number of likely N-dealkylation sites (N-methyl/N-ethyl adjacent to an activating group) is 1. The highest BCUT2D eigenvalue weighted by Gasteiger charge is 2.18. The smallest absolute Gasteiger partial charge is 0.248 e. The van der Waals surface area contributed by atoms with E-state index >= 15 is 0 Å². The predicted molar refractivity (Wildman–Crippen MR) is 116 cm³/mol. The summed E-state index contributed by atoms with van der Waals surface area (Å²) in [6, 6.07) is 9.58. The molecular weight excluding hydrogens is 390 g/mol. The molecular formula is C22H24ClN3O3. The van der Waals surface area contributed by atoms with Crippen LogP contribution in [0.5, 0.6) is 11.5 Å². The summed E-state index contributed by atoms with van der Waals surface area (Å²) in [4.78, 5) is 17.1. The topological polar surface area (TPSA) is 54.0 Å². The maximum Gasteiger partial charge on any atom is 0.248 e. The number of nitrogens with one attached hydrogen (secondary N) is 1. The monoisotopic (exact) mass is 413 g/mol. The van der Waals surface area contributed by atoms with Crippen molar-refractivity contribution >= 4 is 35.0 Å². The minimum atomic E-state index is -0.203. The molecule has 0 radical (unpaired) electrons. The standard InChI is InChI=1S/C22H24ClN3O3/c1-15-11-17(4-5-19(15)26-9-7-25(2)8-10-26)24-21(27)6-3-16-12-18(23)22-20(13-16)28-14-29-22/h3-6,11-13H,7-10,14H2,1-2H3,(H,24,27)/b6-3+. The second-order valence-electron chi connectivity index (χ2n) is 7.35. The van der Waals surface area contributed by atoms with Gasteiger partial charge in [0, 0.05) is 43.6 Å². The molecule has 1 fully saturated rings. The number of hydrogen-bond acceptors (Lipinski definition) is 5. The predicted octanol–water partition coefficient (Wildman–Crippen LogP) is 3.78. The molecule has 0 aliphatic carbocycles. The van der Waals surface area contributed by atoms with E-state index in [1.54, 1.807) is 18.2 Å². The van der Waals surface area contributed by atoms with Gasteiger partial charge in [0.15, 0.2) is 11.5 Å². The zero-order valence-electron chi connectivity index (χ0n) is 16.6. The Hall–Kier alpha value is -2.70. The van der Waals surface area contributed by atoms with E-state index in [0.29, 0.717) is 16.5 Å². The van der Waals surface area contributed by atoms with Gasteiger partial charge in [-0.3, -0.25) is 4.79 Å². The van der Waals surface area contributed by atoms with E-state index in [9.17, 15) is 4.79 Å². The summed E-state index contributed by atoms with van der Waals surface area (Å²) in [5.74, 6) is 0.933. The lowest BCUT2D eigenvalue weighted by atomic mass is 10.1. The van der Waals surface area contributed by atoms with Crippen LogP contribution in [0.25, 0.3) is 6.08 Å². The average molecular weight is 414 g/mol. The lowest BCUT2D eigenvalue weighted by molar-refractivity contribution is -0.111. The van der Waals surface area contributed by atoms with Gasteiger partial charge in [-0.15, -0.1) is 0 Å². The van der Waals surface area contributed by atoms with Crippen molar-refractivity contribution in [1.82, 2.24) is 4.90 Å². The zero-order chi connectivity index (χ0) is 20.4. The largest absolute Gasteiger partial charge is 0.454 e. The number of carbonyl (C=O) groups excluding carboxylic acids is 1. The molecule has 2 aliphatic rings. The van der Waals surface area contributed by atoms with E-state index in [1.165, 1.54) is 11.8 Å². The molecule has 152 valence electrons. The van der Waals surface area contributed by atoms with Crippen LogP contribution in [0, 0.1) is 6.92 Å². The summed E-state index contributed by atoms with van der Waals surface area (Å²) in [5.41, 5.74) is 3.93. The Morgan fingerprint density at radius 2 is 1.93 bits per heavy atom. The lowest BCUT2D eigenvalue weighted by Gasteiger charge is -2.35. The van der Waals surface area contributed by atoms with E-state index in [1.807, 2.05) is 12.1 Å². The number of nitrogens with zero attached hydrogens (tertiary/aromatic N) is 2. The summed E-state index contributed by atoms with van der Waals surface area (Å²) in [5, 5.41) is 3.38. The number of aryl methyl sites for hydroxylation is 1. The summed E-state index contributed by atoms with van der Waals surface area (Å²) in [6.07, 6.45) is 3.19. The van der Waals surface area contributed by atoms with Crippen molar-refractivity contribution in [2.45, 2.75) is 6.92 Å². The third-order valence-electron chi connectivity index (χ3n) is 5.19. The van der Waals surface area contributed by atoms with Gasteiger partial charge in [0.2, 0.25) is 12.7 Å². The first-order chi connectivity index (χ1) is 14.0. The number of amides is 1. The molecule has 0 aromatic heterocycles. The summed E-state index contributed by atoms with van der Waals surface area (Å²) < 4.78 is 10.7. The van der Waals surface area contributed by atoms with Crippen molar-refractivity contribution in [3.8, 4) is 11.5 Å². The van der Waals surface area contributed by atoms with Crippen molar-refractivity contribution in [1.29, 1.82) is 0 Å². The van der Waals surface area contributed by atoms with Crippen LogP contribution in [-0.4, -0.2) is 50.8 Å². The van der Waals surface area contributed by atoms with Gasteiger partial charge in [0.05, 0.1) is 5.02 Å². The Balaban J connectivity index is 1.40. The van der Waals surface area contributed by atoms with Gasteiger partial charge in [-0.1, -0.05) is 11.6 Å². The molecule has 2 aromatic carbocycles. The number of ether oxygens (including phenoxy) is 2. The normalized spacial score (nSPS) is 16.4. The van der Waals surface area contributed by atoms with Crippen molar-refractivity contribution in [3.63, 3.8) is 0 Å². The van der Waals surface area contributed by atoms with Crippen molar-refractivity contribution in [2.75, 3.05) is 50.2 Å². The van der Waals surface area contributed by atoms with Crippen molar-refractivity contribution in [2.24, 2.45) is 0 Å². The van der Waals surface area contributed by atoms with Crippen LogP contribution in [0.1, 0.15) is 11.1 Å². The van der Waals surface area contributed by atoms with Gasteiger partial charge in [-0.2, -0.15) is 0 Å². The average Bonchev–Trinajstić information content (AvgIpc) is 3.17. The van der Waals surface area contributed by atoms with Crippen molar-refractivity contribution in [3.05, 3.63) is 52.6 Å². The minimum Gasteiger partial charge on any atom is -0.454 e. The Morgan fingerprint density at radius 1 is 1.14 bits per heavy atom. The number of fused-ring (bicyclic) bond motifs is 1. The molecule has 2 heterocycles. The quantitative estimate of drug-likeness (QED) is 0.773. The fourth-order valence-corrected chi connectivity index (χ4v) is 3.85. The summed E-state index contributed by atoms with van der Waals surface area (Å²) in [7, 11) is 2.15. The molecule has 0 bridgehead atoms. The first-order valence-corrected chi connectivity index (χ1v) is 10.00. The highest BCUT2D eigenvalue weighted by Crippen LogP contribution is 2.40. The molecule has 29 heavy (non-hydrogen) atoms. The number of piperazine rings is 1. The summed E-state index contributed by atoms with van der Waals surface area (Å²) >= 11 is 6.18. The maximum absolute atomic E-state index is 12.3. The highest BCUT2D eigenvalue weighted by molar-refractivity contribution is 6.32. The number of carbonyl (C=O) groups is 1. The number of halogens is 1. The van der Waals surface area contributed by atoms with Crippen LogP contribution in [0.3, 0.4) is 0 Å². The van der Waals surface area contributed by atoms with Gasteiger partial charge >= 0.3 is 0 Å². The molecule has 1 N–H and O–H groups in total. The first kappa shape index (κ1) is 19.6. The molecule has 2 aliphatic heterocycles. The van der Waals surface area contributed by atoms with Crippen LogP contribution in [0.4, 0.5) is 11.4 Å². The van der Waals surface area contributed by atoms with E-state index < -0.39 is 0 Å². The fraction of sp³-hybridized carbons (Fsp3) is 0.318. The molecule has 0 unspecified atom stereocenters. The van der Waals surface area contributed by atoms with Gasteiger partial charge in [0.25, 0.3) is 0 Å². The molecule has 6 nitrogen and oxygen atoms in total. The van der Waals surface area contributed by atoms with Crippen molar-refractivity contribution < 1.29 is 14.3 Å². The molecule has 1 amide bonds. The van der Waals surface area contributed by atoms with E-state index in [2.05, 4.69) is 35.2 Å². The number of rotatable bonds is 4. The second kappa shape index (κ2) is 8.35. The van der Waals surface area contributed by atoms with E-state index in [4.69, 9.17) is 21.1 Å². The van der Waals surface area contributed by atoms with Gasteiger partial charge < -0.3 is 24.6 Å². The first-order valence-electron chi connectivity index (χ1n) is 9.62. The maximum atomic E-state index is 12.3. The van der Waals surface area contributed by atoms with Crippen LogP contribution in [0.2, 0.25) is 5.02 Å². The number of hydrogen-bond donors (Lipinski definition) is 1. The van der Waals surface area contributed by atoms with Gasteiger partial charge in [-0.25, -0.2) is 0 Å². The molecule has 4 rings (SSSR count). The Bertz CT molecular complexity index is 953. The SMILES string of the molecule is Cc1cc(NC(=O)/C=C/c2cc(Cl)c3c(c2)OCO3)ccc1N1CCN(C)CC1. The number of anilines is 2. The molecule has 1 saturated heterocycles. The van der Waals surface area contributed by atoms with Crippen LogP contribution >= 0.6 is 11.6 Å². The van der Waals surface area contributed by atoms with Gasteiger partial charge in [0.1, 0.15) is 0 Å². The molecule has 7 heteroatoms. The lowest BCUT2D eigenvalue weighted by Crippen LogP contribution is -2.44.